The van der Waals surface area contributed by atoms with Crippen molar-refractivity contribution in [2.45, 2.75) is 0 Å². The average molecular weight is 374 g/mol. The molecule has 2 aromatic rings. The second-order valence-electron chi connectivity index (χ2n) is 5.22. The molecule has 0 atom stereocenters. The fourth-order valence-electron chi connectivity index (χ4n) is 2.62. The minimum Gasteiger partial charge on any atom is -0.342 e. The number of allylic oxidation sites excluding steroid dienone is 3. The lowest BCUT2D eigenvalue weighted by Crippen LogP contribution is -2.21. The Balaban J connectivity index is 2.36. The first kappa shape index (κ1) is 15.7. The predicted octanol–water partition coefficient (Wildman–Crippen LogP) is 5.77. The van der Waals surface area contributed by atoms with Gasteiger partial charge in [-0.15, -0.1) is 0 Å². The zero-order valence-corrected chi connectivity index (χ0v) is 14.1. The van der Waals surface area contributed by atoms with Crippen molar-refractivity contribution in [1.29, 1.82) is 0 Å². The lowest BCUT2D eigenvalue weighted by atomic mass is 9.94. The van der Waals surface area contributed by atoms with Crippen molar-refractivity contribution in [1.82, 2.24) is 4.90 Å². The quantitative estimate of drug-likeness (QED) is 0.645. The molecule has 0 unspecified atom stereocenters. The van der Waals surface area contributed by atoms with Gasteiger partial charge in [-0.3, -0.25) is 0 Å². The van der Waals surface area contributed by atoms with Gasteiger partial charge in [0.2, 0.25) is 0 Å². The van der Waals surface area contributed by atoms with Crippen molar-refractivity contribution in [2.75, 3.05) is 7.05 Å². The minimum absolute atomic E-state index is 0.204. The molecule has 0 saturated carbocycles. The average Bonchev–Trinajstić information content (AvgIpc) is 2.55. The molecule has 0 radical (unpaired) electrons. The largest absolute Gasteiger partial charge is 0.342 e. The van der Waals surface area contributed by atoms with Crippen LogP contribution in [0.15, 0.2) is 77.2 Å². The van der Waals surface area contributed by atoms with Crippen molar-refractivity contribution < 1.29 is 8.78 Å². The zero-order valence-electron chi connectivity index (χ0n) is 12.5. The molecule has 3 rings (SSSR count). The molecule has 116 valence electrons. The lowest BCUT2D eigenvalue weighted by molar-refractivity contribution is 0.524. The molecular weight excluding hydrogens is 360 g/mol. The first-order valence-corrected chi connectivity index (χ1v) is 7.84. The maximum atomic E-state index is 14.5. The third kappa shape index (κ3) is 2.75. The molecule has 0 saturated heterocycles. The first-order valence-electron chi connectivity index (χ1n) is 7.05. The van der Waals surface area contributed by atoms with Gasteiger partial charge in [0.15, 0.2) is 0 Å². The Morgan fingerprint density at radius 2 is 1.70 bits per heavy atom. The van der Waals surface area contributed by atoms with Crippen LogP contribution in [0.3, 0.4) is 0 Å². The molecule has 0 aliphatic carbocycles. The summed E-state index contributed by atoms with van der Waals surface area (Å²) in [6.07, 6.45) is 1.41. The fraction of sp³-hybridized carbons (Fsp3) is 0.0526. The highest BCUT2D eigenvalue weighted by molar-refractivity contribution is 9.10. The van der Waals surface area contributed by atoms with Gasteiger partial charge in [-0.25, -0.2) is 8.78 Å². The van der Waals surface area contributed by atoms with Gasteiger partial charge in [0.1, 0.15) is 11.6 Å². The summed E-state index contributed by atoms with van der Waals surface area (Å²) in [6.45, 7) is 3.75. The number of rotatable bonds is 2. The summed E-state index contributed by atoms with van der Waals surface area (Å²) in [7, 11) is 1.69. The van der Waals surface area contributed by atoms with E-state index in [9.17, 15) is 8.78 Å². The molecule has 0 fully saturated rings. The van der Waals surface area contributed by atoms with E-state index in [2.05, 4.69) is 22.5 Å². The van der Waals surface area contributed by atoms with Crippen LogP contribution in [0.25, 0.3) is 11.3 Å². The van der Waals surface area contributed by atoms with Gasteiger partial charge in [-0.05, 0) is 39.7 Å². The van der Waals surface area contributed by atoms with E-state index in [1.165, 1.54) is 12.1 Å². The smallest absolute Gasteiger partial charge is 0.146 e. The molecule has 2 aromatic carbocycles. The number of halogens is 3. The van der Waals surface area contributed by atoms with Crippen LogP contribution >= 0.6 is 15.9 Å². The van der Waals surface area contributed by atoms with E-state index >= 15 is 0 Å². The topological polar surface area (TPSA) is 3.24 Å². The summed E-state index contributed by atoms with van der Waals surface area (Å²) in [6, 6.07) is 14.1. The van der Waals surface area contributed by atoms with Crippen molar-refractivity contribution in [2.24, 2.45) is 0 Å². The zero-order chi connectivity index (χ0) is 16.6. The van der Waals surface area contributed by atoms with Crippen LogP contribution in [0.4, 0.5) is 8.78 Å². The summed E-state index contributed by atoms with van der Waals surface area (Å²) in [5.74, 6) is -0.805. The van der Waals surface area contributed by atoms with Gasteiger partial charge in [0, 0.05) is 22.7 Å². The highest BCUT2D eigenvalue weighted by Crippen LogP contribution is 2.41. The van der Waals surface area contributed by atoms with Crippen LogP contribution in [-0.4, -0.2) is 11.9 Å². The summed E-state index contributed by atoms with van der Waals surface area (Å²) in [5, 5.41) is 0. The Kier molecular flexibility index (Phi) is 4.18. The standard InChI is InChI=1S/C19H14BrF2N/c1-12-17(22)11-14(13-7-4-3-5-8-13)19(23(12)2)18-15(20)9-6-10-16(18)21/h3-11H,1H2,2H3. The number of nitrogens with zero attached hydrogens (tertiary/aromatic N) is 1. The molecule has 0 N–H and O–H groups in total. The Morgan fingerprint density at radius 1 is 1.00 bits per heavy atom. The van der Waals surface area contributed by atoms with Crippen molar-refractivity contribution in [3.05, 3.63) is 94.1 Å². The molecule has 23 heavy (non-hydrogen) atoms. The second kappa shape index (κ2) is 6.13. The fourth-order valence-corrected chi connectivity index (χ4v) is 3.15. The SMILES string of the molecule is C=C1C(F)=CC(c2ccccc2)=C(c2c(F)cccc2Br)N1C. The van der Waals surface area contributed by atoms with Crippen LogP contribution in [0.5, 0.6) is 0 Å². The molecule has 1 nitrogen and oxygen atoms in total. The summed E-state index contributed by atoms with van der Waals surface area (Å²) >= 11 is 3.40. The van der Waals surface area contributed by atoms with Gasteiger partial charge in [0.05, 0.1) is 11.4 Å². The minimum atomic E-state index is -0.428. The van der Waals surface area contributed by atoms with E-state index in [1.807, 2.05) is 30.3 Å². The number of benzene rings is 2. The summed E-state index contributed by atoms with van der Waals surface area (Å²) in [4.78, 5) is 1.58. The molecule has 0 amide bonds. The van der Waals surface area contributed by atoms with Gasteiger partial charge >= 0.3 is 0 Å². The molecule has 4 heteroatoms. The van der Waals surface area contributed by atoms with Crippen molar-refractivity contribution >= 4 is 27.2 Å². The van der Waals surface area contributed by atoms with Gasteiger partial charge in [0.25, 0.3) is 0 Å². The van der Waals surface area contributed by atoms with Crippen molar-refractivity contribution in [3.63, 3.8) is 0 Å². The second-order valence-corrected chi connectivity index (χ2v) is 6.08. The number of likely N-dealkylation sites (N-methyl/N-ethyl adjacent to an activating group) is 1. The predicted molar refractivity (Wildman–Crippen MR) is 93.5 cm³/mol. The molecule has 0 spiro atoms. The normalized spacial score (nSPS) is 15.0. The summed E-state index contributed by atoms with van der Waals surface area (Å²) in [5.41, 5.74) is 2.59. The Hall–Kier alpha value is -2.20. The number of hydrogen-bond acceptors (Lipinski definition) is 1. The summed E-state index contributed by atoms with van der Waals surface area (Å²) < 4.78 is 29.3. The Morgan fingerprint density at radius 3 is 2.35 bits per heavy atom. The van der Waals surface area contributed by atoms with E-state index in [0.717, 1.165) is 5.56 Å². The monoisotopic (exact) mass is 373 g/mol. The highest BCUT2D eigenvalue weighted by atomic mass is 79.9. The van der Waals surface area contributed by atoms with E-state index in [-0.39, 0.29) is 11.5 Å². The van der Waals surface area contributed by atoms with E-state index in [0.29, 0.717) is 21.3 Å². The maximum absolute atomic E-state index is 14.5. The third-order valence-corrected chi connectivity index (χ3v) is 4.49. The van der Waals surface area contributed by atoms with Crippen LogP contribution < -0.4 is 0 Å². The van der Waals surface area contributed by atoms with Crippen LogP contribution in [0, 0.1) is 5.82 Å². The highest BCUT2D eigenvalue weighted by Gasteiger charge is 2.27. The Labute approximate surface area is 142 Å². The third-order valence-electron chi connectivity index (χ3n) is 3.83. The van der Waals surface area contributed by atoms with Gasteiger partial charge in [-0.1, -0.05) is 43.0 Å². The van der Waals surface area contributed by atoms with E-state index in [1.54, 1.807) is 24.1 Å². The van der Waals surface area contributed by atoms with E-state index in [4.69, 9.17) is 0 Å². The molecular formula is C19H14BrF2N. The van der Waals surface area contributed by atoms with Crippen LogP contribution in [-0.2, 0) is 0 Å². The molecule has 1 aliphatic heterocycles. The molecule has 1 heterocycles. The van der Waals surface area contributed by atoms with Crippen molar-refractivity contribution in [3.8, 4) is 0 Å². The van der Waals surface area contributed by atoms with Gasteiger partial charge in [-0.2, -0.15) is 0 Å². The van der Waals surface area contributed by atoms with Gasteiger partial charge < -0.3 is 4.90 Å². The Bertz CT molecular complexity index is 817. The molecule has 0 bridgehead atoms. The number of hydrogen-bond donors (Lipinski definition) is 0. The molecule has 0 aromatic heterocycles. The van der Waals surface area contributed by atoms with Crippen LogP contribution in [0.2, 0.25) is 0 Å². The maximum Gasteiger partial charge on any atom is 0.146 e. The first-order chi connectivity index (χ1) is 11.0. The van der Waals surface area contributed by atoms with Crippen LogP contribution in [0.1, 0.15) is 11.1 Å². The van der Waals surface area contributed by atoms with E-state index < -0.39 is 5.83 Å². The molecule has 1 aliphatic rings. The lowest BCUT2D eigenvalue weighted by Gasteiger charge is -2.31.